The standard InChI is InChI=1S/C19H18N6OS/c1-11-6-5-9-15(13(11)3)25-19(22-23-24-25)27-10-16-20-17-12(2)7-4-8-14(17)18(26)21-16/h4-9H,10H2,1-3H3,(H,20,21,26). The van der Waals surface area contributed by atoms with Gasteiger partial charge < -0.3 is 4.98 Å². The lowest BCUT2D eigenvalue weighted by Gasteiger charge is -2.09. The van der Waals surface area contributed by atoms with E-state index in [9.17, 15) is 4.79 Å². The van der Waals surface area contributed by atoms with Crippen LogP contribution in [0.4, 0.5) is 0 Å². The number of tetrazole rings is 1. The van der Waals surface area contributed by atoms with E-state index in [2.05, 4.69) is 38.5 Å². The second-order valence-corrected chi connectivity index (χ2v) is 7.31. The number of thioether (sulfide) groups is 1. The highest BCUT2D eigenvalue weighted by Crippen LogP contribution is 2.24. The van der Waals surface area contributed by atoms with Crippen LogP contribution >= 0.6 is 11.8 Å². The number of fused-ring (bicyclic) bond motifs is 1. The van der Waals surface area contributed by atoms with E-state index in [1.807, 2.05) is 38.1 Å². The topological polar surface area (TPSA) is 89.3 Å². The highest BCUT2D eigenvalue weighted by atomic mass is 32.2. The SMILES string of the molecule is Cc1cccc(-n2nnnc2SCc2nc3c(C)cccc3c(=O)[nH]2)c1C. The summed E-state index contributed by atoms with van der Waals surface area (Å²) in [5.74, 6) is 1.06. The first-order valence-electron chi connectivity index (χ1n) is 8.51. The number of aromatic amines is 1. The van der Waals surface area contributed by atoms with Crippen LogP contribution in [-0.2, 0) is 5.75 Å². The van der Waals surface area contributed by atoms with E-state index in [0.717, 1.165) is 22.3 Å². The molecule has 0 aliphatic carbocycles. The van der Waals surface area contributed by atoms with E-state index in [-0.39, 0.29) is 5.56 Å². The predicted octanol–water partition coefficient (Wildman–Crippen LogP) is 3.12. The van der Waals surface area contributed by atoms with Crippen molar-refractivity contribution in [1.29, 1.82) is 0 Å². The zero-order valence-electron chi connectivity index (χ0n) is 15.2. The van der Waals surface area contributed by atoms with E-state index in [1.54, 1.807) is 10.7 Å². The average Bonchev–Trinajstić information content (AvgIpc) is 3.11. The van der Waals surface area contributed by atoms with Crippen molar-refractivity contribution in [3.05, 3.63) is 69.3 Å². The van der Waals surface area contributed by atoms with Gasteiger partial charge in [0.15, 0.2) is 0 Å². The summed E-state index contributed by atoms with van der Waals surface area (Å²) in [5, 5.41) is 13.3. The Morgan fingerprint density at radius 2 is 1.85 bits per heavy atom. The van der Waals surface area contributed by atoms with Gasteiger partial charge in [-0.25, -0.2) is 4.98 Å². The molecule has 27 heavy (non-hydrogen) atoms. The Labute approximate surface area is 159 Å². The Morgan fingerprint density at radius 3 is 2.70 bits per heavy atom. The van der Waals surface area contributed by atoms with E-state index in [4.69, 9.17) is 0 Å². The first-order chi connectivity index (χ1) is 13.0. The number of para-hydroxylation sites is 1. The normalized spacial score (nSPS) is 11.2. The first kappa shape index (κ1) is 17.4. The minimum atomic E-state index is -0.131. The van der Waals surface area contributed by atoms with E-state index in [1.165, 1.54) is 17.3 Å². The van der Waals surface area contributed by atoms with Gasteiger partial charge in [0.1, 0.15) is 5.82 Å². The summed E-state index contributed by atoms with van der Waals surface area (Å²) in [6.45, 7) is 6.06. The molecule has 0 atom stereocenters. The highest BCUT2D eigenvalue weighted by Gasteiger charge is 2.13. The molecule has 0 aliphatic rings. The van der Waals surface area contributed by atoms with Crippen LogP contribution < -0.4 is 5.56 Å². The minimum absolute atomic E-state index is 0.131. The Hall–Kier alpha value is -3.00. The fraction of sp³-hybridized carbons (Fsp3) is 0.211. The molecule has 2 aromatic heterocycles. The van der Waals surface area contributed by atoms with Crippen LogP contribution in [0.25, 0.3) is 16.6 Å². The van der Waals surface area contributed by atoms with Gasteiger partial charge in [-0.1, -0.05) is 36.0 Å². The number of rotatable bonds is 4. The van der Waals surface area contributed by atoms with Crippen LogP contribution in [0.5, 0.6) is 0 Å². The van der Waals surface area contributed by atoms with Gasteiger partial charge in [0.05, 0.1) is 22.3 Å². The number of hydrogen-bond acceptors (Lipinski definition) is 6. The summed E-state index contributed by atoms with van der Waals surface area (Å²) >= 11 is 1.43. The van der Waals surface area contributed by atoms with E-state index >= 15 is 0 Å². The smallest absolute Gasteiger partial charge is 0.258 e. The number of aryl methyl sites for hydroxylation is 2. The molecule has 0 amide bonds. The molecule has 0 aliphatic heterocycles. The monoisotopic (exact) mass is 378 g/mol. The zero-order valence-corrected chi connectivity index (χ0v) is 16.0. The number of benzene rings is 2. The molecule has 0 spiro atoms. The Bertz CT molecular complexity index is 1200. The van der Waals surface area contributed by atoms with Crippen LogP contribution in [0, 0.1) is 20.8 Å². The minimum Gasteiger partial charge on any atom is -0.309 e. The molecule has 0 radical (unpaired) electrons. The summed E-state index contributed by atoms with van der Waals surface area (Å²) < 4.78 is 1.72. The molecule has 2 aromatic carbocycles. The van der Waals surface area contributed by atoms with Crippen molar-refractivity contribution >= 4 is 22.7 Å². The molecule has 0 fully saturated rings. The lowest BCUT2D eigenvalue weighted by atomic mass is 10.1. The van der Waals surface area contributed by atoms with Crippen LogP contribution in [0.2, 0.25) is 0 Å². The van der Waals surface area contributed by atoms with E-state index < -0.39 is 0 Å². The third-order valence-electron chi connectivity index (χ3n) is 4.57. The van der Waals surface area contributed by atoms with Gasteiger partial charge in [-0.2, -0.15) is 4.68 Å². The Kier molecular flexibility index (Phi) is 4.49. The zero-order chi connectivity index (χ0) is 19.0. The van der Waals surface area contributed by atoms with Gasteiger partial charge in [0.2, 0.25) is 5.16 Å². The molecule has 1 N–H and O–H groups in total. The Balaban J connectivity index is 1.65. The maximum atomic E-state index is 12.3. The summed E-state index contributed by atoms with van der Waals surface area (Å²) in [6, 6.07) is 11.6. The molecule has 0 unspecified atom stereocenters. The molecule has 8 heteroatoms. The molecule has 0 saturated heterocycles. The molecule has 2 heterocycles. The molecule has 0 saturated carbocycles. The van der Waals surface area contributed by atoms with Crippen molar-refractivity contribution in [2.45, 2.75) is 31.7 Å². The van der Waals surface area contributed by atoms with Crippen molar-refractivity contribution in [3.63, 3.8) is 0 Å². The van der Waals surface area contributed by atoms with Crippen molar-refractivity contribution in [3.8, 4) is 5.69 Å². The molecular weight excluding hydrogens is 360 g/mol. The predicted molar refractivity (Wildman–Crippen MR) is 105 cm³/mol. The number of aromatic nitrogens is 6. The lowest BCUT2D eigenvalue weighted by molar-refractivity contribution is 0.750. The maximum absolute atomic E-state index is 12.3. The lowest BCUT2D eigenvalue weighted by Crippen LogP contribution is -2.12. The molecule has 136 valence electrons. The molecule has 7 nitrogen and oxygen atoms in total. The van der Waals surface area contributed by atoms with Gasteiger partial charge in [-0.05, 0) is 60.0 Å². The molecule has 4 rings (SSSR count). The summed E-state index contributed by atoms with van der Waals surface area (Å²) in [5.41, 5.74) is 4.82. The summed E-state index contributed by atoms with van der Waals surface area (Å²) in [4.78, 5) is 19.8. The van der Waals surface area contributed by atoms with Crippen LogP contribution in [0.1, 0.15) is 22.5 Å². The molecule has 4 aromatic rings. The van der Waals surface area contributed by atoms with Gasteiger partial charge in [-0.3, -0.25) is 4.79 Å². The fourth-order valence-corrected chi connectivity index (χ4v) is 3.69. The third kappa shape index (κ3) is 3.23. The average molecular weight is 378 g/mol. The second kappa shape index (κ2) is 6.96. The summed E-state index contributed by atoms with van der Waals surface area (Å²) in [7, 11) is 0. The Morgan fingerprint density at radius 1 is 1.07 bits per heavy atom. The number of nitrogens with one attached hydrogen (secondary N) is 1. The van der Waals surface area contributed by atoms with Crippen LogP contribution in [-0.4, -0.2) is 30.2 Å². The molecule has 0 bridgehead atoms. The largest absolute Gasteiger partial charge is 0.309 e. The van der Waals surface area contributed by atoms with Crippen molar-refractivity contribution in [2.24, 2.45) is 0 Å². The van der Waals surface area contributed by atoms with Crippen molar-refractivity contribution in [2.75, 3.05) is 0 Å². The first-order valence-corrected chi connectivity index (χ1v) is 9.49. The molecular formula is C19H18N6OS. The maximum Gasteiger partial charge on any atom is 0.258 e. The van der Waals surface area contributed by atoms with Gasteiger partial charge in [-0.15, -0.1) is 5.10 Å². The van der Waals surface area contributed by atoms with Gasteiger partial charge >= 0.3 is 0 Å². The summed E-state index contributed by atoms with van der Waals surface area (Å²) in [6.07, 6.45) is 0. The van der Waals surface area contributed by atoms with Gasteiger partial charge in [0.25, 0.3) is 5.56 Å². The van der Waals surface area contributed by atoms with Crippen molar-refractivity contribution < 1.29 is 0 Å². The van der Waals surface area contributed by atoms with Crippen LogP contribution in [0.3, 0.4) is 0 Å². The fourth-order valence-electron chi connectivity index (χ4n) is 2.94. The quantitative estimate of drug-likeness (QED) is 0.549. The van der Waals surface area contributed by atoms with E-state index in [0.29, 0.717) is 22.1 Å². The number of hydrogen-bond donors (Lipinski definition) is 1. The second-order valence-electron chi connectivity index (χ2n) is 6.36. The highest BCUT2D eigenvalue weighted by molar-refractivity contribution is 7.98. The van der Waals surface area contributed by atoms with Crippen molar-refractivity contribution in [1.82, 2.24) is 30.2 Å². The third-order valence-corrected chi connectivity index (χ3v) is 5.50. The van der Waals surface area contributed by atoms with Gasteiger partial charge in [0, 0.05) is 0 Å². The van der Waals surface area contributed by atoms with Crippen LogP contribution in [0.15, 0.2) is 46.3 Å². The number of nitrogens with zero attached hydrogens (tertiary/aromatic N) is 5. The number of H-pyrrole nitrogens is 1.